The van der Waals surface area contributed by atoms with Crippen LogP contribution in [0, 0.1) is 19.7 Å². The summed E-state index contributed by atoms with van der Waals surface area (Å²) in [5.74, 6) is -0.398. The number of rotatable bonds is 4. The maximum absolute atomic E-state index is 13.4. The lowest BCUT2D eigenvalue weighted by molar-refractivity contribution is -0.116. The van der Waals surface area contributed by atoms with E-state index in [1.54, 1.807) is 13.0 Å². The van der Waals surface area contributed by atoms with E-state index >= 15 is 0 Å². The topological polar surface area (TPSA) is 29.1 Å². The molecule has 0 saturated heterocycles. The van der Waals surface area contributed by atoms with E-state index in [0.717, 1.165) is 0 Å². The fourth-order valence-corrected chi connectivity index (χ4v) is 2.48. The number of carbonyl (C=O) groups excluding carboxylic acids is 1. The van der Waals surface area contributed by atoms with Gasteiger partial charge in [-0.05, 0) is 65.0 Å². The number of hydrogen-bond acceptors (Lipinski definition) is 1. The Balaban J connectivity index is 1.99. The van der Waals surface area contributed by atoms with E-state index in [1.807, 2.05) is 31.2 Å². The number of amides is 1. The highest BCUT2D eigenvalue weighted by atomic mass is 79.9. The average Bonchev–Trinajstić information content (AvgIpc) is 2.44. The molecule has 0 fully saturated rings. The maximum atomic E-state index is 13.4. The van der Waals surface area contributed by atoms with E-state index in [2.05, 4.69) is 21.2 Å². The van der Waals surface area contributed by atoms with Crippen molar-refractivity contribution < 1.29 is 9.18 Å². The van der Waals surface area contributed by atoms with Crippen LogP contribution in [-0.2, 0) is 11.2 Å². The number of hydrogen-bond donors (Lipinski definition) is 1. The first kappa shape index (κ1) is 15.7. The molecule has 110 valence electrons. The van der Waals surface area contributed by atoms with E-state index < -0.39 is 0 Å². The molecule has 1 N–H and O–H groups in total. The fourth-order valence-electron chi connectivity index (χ4n) is 2.13. The zero-order chi connectivity index (χ0) is 15.4. The monoisotopic (exact) mass is 349 g/mol. The molecule has 0 unspecified atom stereocenters. The van der Waals surface area contributed by atoms with Crippen molar-refractivity contribution in [2.45, 2.75) is 26.7 Å². The highest BCUT2D eigenvalue weighted by molar-refractivity contribution is 9.10. The second-order valence-electron chi connectivity index (χ2n) is 5.06. The largest absolute Gasteiger partial charge is 0.326 e. The molecule has 2 aromatic carbocycles. The molecule has 0 spiro atoms. The van der Waals surface area contributed by atoms with Gasteiger partial charge < -0.3 is 5.32 Å². The van der Waals surface area contributed by atoms with Crippen LogP contribution in [0.4, 0.5) is 10.1 Å². The third-order valence-corrected chi connectivity index (χ3v) is 4.03. The van der Waals surface area contributed by atoms with Crippen LogP contribution in [0.25, 0.3) is 0 Å². The van der Waals surface area contributed by atoms with Crippen LogP contribution in [0.2, 0.25) is 0 Å². The van der Waals surface area contributed by atoms with Gasteiger partial charge in [-0.1, -0.05) is 24.3 Å². The first-order valence-corrected chi connectivity index (χ1v) is 7.56. The Morgan fingerprint density at radius 2 is 1.90 bits per heavy atom. The molecule has 0 aromatic heterocycles. The summed E-state index contributed by atoms with van der Waals surface area (Å²) >= 11 is 3.13. The lowest BCUT2D eigenvalue weighted by Gasteiger charge is -2.10. The fraction of sp³-hybridized carbons (Fsp3) is 0.235. The first-order valence-electron chi connectivity index (χ1n) is 6.77. The summed E-state index contributed by atoms with van der Waals surface area (Å²) in [6.07, 6.45) is 1.10. The van der Waals surface area contributed by atoms with Gasteiger partial charge in [0.2, 0.25) is 5.91 Å². The van der Waals surface area contributed by atoms with Crippen molar-refractivity contribution in [1.29, 1.82) is 0 Å². The number of halogens is 2. The van der Waals surface area contributed by atoms with Gasteiger partial charge >= 0.3 is 0 Å². The Morgan fingerprint density at radius 1 is 1.19 bits per heavy atom. The van der Waals surface area contributed by atoms with E-state index in [4.69, 9.17) is 0 Å². The molecular formula is C17H17BrFNO. The summed E-state index contributed by atoms with van der Waals surface area (Å²) in [4.78, 5) is 12.0. The molecular weight excluding hydrogens is 333 g/mol. The average molecular weight is 350 g/mol. The van der Waals surface area contributed by atoms with Crippen LogP contribution in [0.15, 0.2) is 40.9 Å². The Kier molecular flexibility index (Phi) is 5.12. The van der Waals surface area contributed by atoms with Crippen molar-refractivity contribution in [1.82, 2.24) is 0 Å². The third-order valence-electron chi connectivity index (χ3n) is 3.42. The quantitative estimate of drug-likeness (QED) is 0.845. The van der Waals surface area contributed by atoms with Gasteiger partial charge in [-0.25, -0.2) is 4.39 Å². The van der Waals surface area contributed by atoms with Gasteiger partial charge in [0.1, 0.15) is 5.82 Å². The van der Waals surface area contributed by atoms with E-state index in [1.165, 1.54) is 17.2 Å². The molecule has 0 atom stereocenters. The van der Waals surface area contributed by atoms with E-state index in [9.17, 15) is 9.18 Å². The van der Waals surface area contributed by atoms with Crippen molar-refractivity contribution in [2.75, 3.05) is 5.32 Å². The standard InChI is InChI=1S/C17H17BrFNO/c1-11-5-3-4-6-13(11)7-8-17(21)20-16-10-14(18)15(19)9-12(16)2/h3-6,9-10H,7-8H2,1-2H3,(H,20,21). The van der Waals surface area contributed by atoms with Crippen LogP contribution < -0.4 is 5.32 Å². The highest BCUT2D eigenvalue weighted by Gasteiger charge is 2.09. The Labute approximate surface area is 132 Å². The van der Waals surface area contributed by atoms with Crippen molar-refractivity contribution >= 4 is 27.5 Å². The van der Waals surface area contributed by atoms with Crippen LogP contribution in [-0.4, -0.2) is 5.91 Å². The smallest absolute Gasteiger partial charge is 0.224 e. The first-order chi connectivity index (χ1) is 9.97. The molecule has 21 heavy (non-hydrogen) atoms. The van der Waals surface area contributed by atoms with Crippen molar-refractivity contribution in [2.24, 2.45) is 0 Å². The van der Waals surface area contributed by atoms with Crippen molar-refractivity contribution in [3.63, 3.8) is 0 Å². The van der Waals surface area contributed by atoms with Crippen LogP contribution in [0.3, 0.4) is 0 Å². The molecule has 0 bridgehead atoms. The van der Waals surface area contributed by atoms with Crippen LogP contribution in [0.5, 0.6) is 0 Å². The van der Waals surface area contributed by atoms with E-state index in [-0.39, 0.29) is 11.7 Å². The lowest BCUT2D eigenvalue weighted by Crippen LogP contribution is -2.13. The Bertz CT molecular complexity index is 670. The SMILES string of the molecule is Cc1ccccc1CCC(=O)Nc1cc(Br)c(F)cc1C. The minimum absolute atomic E-state index is 0.0696. The molecule has 0 radical (unpaired) electrons. The van der Waals surface area contributed by atoms with Crippen molar-refractivity contribution in [3.05, 3.63) is 63.4 Å². The molecule has 2 nitrogen and oxygen atoms in total. The van der Waals surface area contributed by atoms with Gasteiger partial charge in [0.25, 0.3) is 0 Å². The van der Waals surface area contributed by atoms with Gasteiger partial charge in [-0.2, -0.15) is 0 Å². The second kappa shape index (κ2) is 6.85. The predicted octanol–water partition coefficient (Wildman–Crippen LogP) is 4.78. The zero-order valence-corrected chi connectivity index (χ0v) is 13.6. The molecule has 1 amide bonds. The van der Waals surface area contributed by atoms with Gasteiger partial charge in [-0.15, -0.1) is 0 Å². The summed E-state index contributed by atoms with van der Waals surface area (Å²) in [6.45, 7) is 3.81. The van der Waals surface area contributed by atoms with Crippen LogP contribution >= 0.6 is 15.9 Å². The van der Waals surface area contributed by atoms with Crippen LogP contribution in [0.1, 0.15) is 23.1 Å². The van der Waals surface area contributed by atoms with Gasteiger partial charge in [-0.3, -0.25) is 4.79 Å². The van der Waals surface area contributed by atoms with Gasteiger partial charge in [0.15, 0.2) is 0 Å². The molecule has 0 saturated carbocycles. The molecule has 0 aliphatic carbocycles. The molecule has 4 heteroatoms. The lowest BCUT2D eigenvalue weighted by atomic mass is 10.0. The Morgan fingerprint density at radius 3 is 2.62 bits per heavy atom. The summed E-state index contributed by atoms with van der Waals surface area (Å²) in [5.41, 5.74) is 3.70. The Hall–Kier alpha value is -1.68. The maximum Gasteiger partial charge on any atom is 0.224 e. The third kappa shape index (κ3) is 4.14. The minimum Gasteiger partial charge on any atom is -0.326 e. The van der Waals surface area contributed by atoms with E-state index in [0.29, 0.717) is 28.6 Å². The molecule has 2 aromatic rings. The molecule has 0 heterocycles. The molecule has 2 rings (SSSR count). The number of benzene rings is 2. The summed E-state index contributed by atoms with van der Waals surface area (Å²) in [5, 5.41) is 2.83. The second-order valence-corrected chi connectivity index (χ2v) is 5.91. The molecule has 0 aliphatic rings. The van der Waals surface area contributed by atoms with Crippen molar-refractivity contribution in [3.8, 4) is 0 Å². The normalized spacial score (nSPS) is 10.5. The highest BCUT2D eigenvalue weighted by Crippen LogP contribution is 2.24. The number of anilines is 1. The molecule has 0 aliphatic heterocycles. The van der Waals surface area contributed by atoms with Gasteiger partial charge in [0.05, 0.1) is 4.47 Å². The summed E-state index contributed by atoms with van der Waals surface area (Å²) < 4.78 is 13.7. The minimum atomic E-state index is -0.328. The van der Waals surface area contributed by atoms with Gasteiger partial charge in [0, 0.05) is 12.1 Å². The number of aryl methyl sites for hydroxylation is 3. The number of carbonyl (C=O) groups is 1. The summed E-state index contributed by atoms with van der Waals surface area (Å²) in [6, 6.07) is 11.0. The summed E-state index contributed by atoms with van der Waals surface area (Å²) in [7, 11) is 0. The number of nitrogens with one attached hydrogen (secondary N) is 1. The zero-order valence-electron chi connectivity index (χ0n) is 12.0. The predicted molar refractivity (Wildman–Crippen MR) is 87.0 cm³/mol.